The zero-order valence-electron chi connectivity index (χ0n) is 21.7. The van der Waals surface area contributed by atoms with Crippen molar-refractivity contribution in [3.8, 4) is 0 Å². The minimum Gasteiger partial charge on any atom is -0.481 e. The normalized spacial score (nSPS) is 21.7. The van der Waals surface area contributed by atoms with Crippen LogP contribution >= 0.6 is 0 Å². The van der Waals surface area contributed by atoms with Gasteiger partial charge < -0.3 is 15.3 Å². The molecule has 0 saturated heterocycles. The second-order valence-corrected chi connectivity index (χ2v) is 9.95. The topological polar surface area (TPSA) is 99.1 Å². The second-order valence-electron chi connectivity index (χ2n) is 9.95. The summed E-state index contributed by atoms with van der Waals surface area (Å²) in [7, 11) is 0. The van der Waals surface area contributed by atoms with E-state index >= 15 is 0 Å². The van der Waals surface area contributed by atoms with E-state index in [4.69, 9.17) is 10.1 Å². The Hall–Kier alpha value is -3.95. The highest BCUT2D eigenvalue weighted by atomic mass is 19.4. The average Bonchev–Trinajstić information content (AvgIpc) is 3.15. The molecule has 206 valence electrons. The fourth-order valence-electron chi connectivity index (χ4n) is 5.30. The van der Waals surface area contributed by atoms with Gasteiger partial charge >= 0.3 is 12.1 Å². The molecule has 10 heteroatoms. The fourth-order valence-corrected chi connectivity index (χ4v) is 5.30. The Balaban J connectivity index is 1.65. The molecule has 39 heavy (non-hydrogen) atoms. The van der Waals surface area contributed by atoms with E-state index in [1.165, 1.54) is 12.1 Å². The van der Waals surface area contributed by atoms with Gasteiger partial charge in [-0.3, -0.25) is 19.4 Å². The van der Waals surface area contributed by atoms with Crippen molar-refractivity contribution in [1.29, 1.82) is 0 Å². The summed E-state index contributed by atoms with van der Waals surface area (Å²) in [4.78, 5) is 43.7. The molecule has 3 atom stereocenters. The van der Waals surface area contributed by atoms with Crippen molar-refractivity contribution in [2.24, 2.45) is 10.9 Å². The standard InChI is InChI=1S/C29H30F3N3O4/c1-3-23(19-6-8-21(9-7-19)26(38)33-16-14-24(36)37)35-27(39)25(34-28(35)15-4-5-18(2)17-28)20-10-12-22(13-11-20)29(30,31)32/h4-13,18,23H,3,14-17H2,1-2H3,(H,33,38)(H,36,37)/t18?,23-,28?/m1/s1. The van der Waals surface area contributed by atoms with Crippen LogP contribution in [0.15, 0.2) is 65.7 Å². The zero-order chi connectivity index (χ0) is 28.4. The largest absolute Gasteiger partial charge is 0.481 e. The number of carbonyl (C=O) groups is 3. The van der Waals surface area contributed by atoms with Gasteiger partial charge in [0.2, 0.25) is 0 Å². The Morgan fingerprint density at radius 3 is 2.38 bits per heavy atom. The predicted octanol–water partition coefficient (Wildman–Crippen LogP) is 5.37. The highest BCUT2D eigenvalue weighted by Gasteiger charge is 2.50. The number of allylic oxidation sites excluding steroid dienone is 1. The van der Waals surface area contributed by atoms with Gasteiger partial charge in [-0.1, -0.05) is 50.3 Å². The molecule has 0 bridgehead atoms. The van der Waals surface area contributed by atoms with Crippen molar-refractivity contribution in [3.63, 3.8) is 0 Å². The summed E-state index contributed by atoms with van der Waals surface area (Å²) in [5, 5.41) is 11.3. The van der Waals surface area contributed by atoms with E-state index in [-0.39, 0.29) is 30.5 Å². The van der Waals surface area contributed by atoms with Crippen molar-refractivity contribution in [3.05, 3.63) is 82.9 Å². The molecule has 1 aliphatic heterocycles. The number of carbonyl (C=O) groups excluding carboxylic acids is 2. The predicted molar refractivity (Wildman–Crippen MR) is 139 cm³/mol. The van der Waals surface area contributed by atoms with Gasteiger partial charge in [-0.05, 0) is 48.6 Å². The number of aliphatic carboxylic acids is 1. The average molecular weight is 542 g/mol. The van der Waals surface area contributed by atoms with E-state index in [9.17, 15) is 27.6 Å². The molecule has 7 nitrogen and oxygen atoms in total. The van der Waals surface area contributed by atoms with Crippen LogP contribution in [0.3, 0.4) is 0 Å². The Morgan fingerprint density at radius 1 is 1.15 bits per heavy atom. The summed E-state index contributed by atoms with van der Waals surface area (Å²) in [5.41, 5.74) is -0.0524. The van der Waals surface area contributed by atoms with Gasteiger partial charge in [-0.2, -0.15) is 13.2 Å². The molecule has 2 aromatic rings. The number of amides is 2. The molecule has 0 radical (unpaired) electrons. The number of carboxylic acids is 1. The van der Waals surface area contributed by atoms with Crippen LogP contribution in [-0.2, 0) is 15.8 Å². The molecule has 4 rings (SSSR count). The van der Waals surface area contributed by atoms with Gasteiger partial charge in [0.25, 0.3) is 11.8 Å². The van der Waals surface area contributed by atoms with Gasteiger partial charge in [-0.15, -0.1) is 0 Å². The van der Waals surface area contributed by atoms with Crippen molar-refractivity contribution in [2.45, 2.75) is 57.4 Å². The quantitative estimate of drug-likeness (QED) is 0.439. The number of alkyl halides is 3. The van der Waals surface area contributed by atoms with Crippen molar-refractivity contribution >= 4 is 23.5 Å². The van der Waals surface area contributed by atoms with Crippen LogP contribution in [0.1, 0.15) is 72.6 Å². The molecule has 1 aliphatic carbocycles. The van der Waals surface area contributed by atoms with E-state index in [0.29, 0.717) is 30.4 Å². The molecule has 2 N–H and O–H groups in total. The highest BCUT2D eigenvalue weighted by Crippen LogP contribution is 2.45. The summed E-state index contributed by atoms with van der Waals surface area (Å²) < 4.78 is 39.3. The second kappa shape index (κ2) is 11.0. The third-order valence-electron chi connectivity index (χ3n) is 7.11. The van der Waals surface area contributed by atoms with Crippen LogP contribution in [0.5, 0.6) is 0 Å². The van der Waals surface area contributed by atoms with Crippen LogP contribution in [0.4, 0.5) is 13.2 Å². The first-order valence-electron chi connectivity index (χ1n) is 12.8. The van der Waals surface area contributed by atoms with E-state index in [0.717, 1.165) is 17.7 Å². The van der Waals surface area contributed by atoms with Crippen LogP contribution in [0.25, 0.3) is 0 Å². The van der Waals surface area contributed by atoms with E-state index < -0.39 is 35.3 Å². The van der Waals surface area contributed by atoms with Gasteiger partial charge in [0, 0.05) is 24.1 Å². The summed E-state index contributed by atoms with van der Waals surface area (Å²) in [6.45, 7) is 3.98. The number of benzene rings is 2. The van der Waals surface area contributed by atoms with Gasteiger partial charge in [0.05, 0.1) is 18.0 Å². The van der Waals surface area contributed by atoms with Crippen LogP contribution in [0.2, 0.25) is 0 Å². The summed E-state index contributed by atoms with van der Waals surface area (Å²) in [6, 6.07) is 10.9. The molecule has 2 aliphatic rings. The smallest absolute Gasteiger partial charge is 0.416 e. The Morgan fingerprint density at radius 2 is 1.82 bits per heavy atom. The third-order valence-corrected chi connectivity index (χ3v) is 7.11. The highest BCUT2D eigenvalue weighted by molar-refractivity contribution is 6.46. The maximum Gasteiger partial charge on any atom is 0.416 e. The molecular weight excluding hydrogens is 511 g/mol. The Kier molecular flexibility index (Phi) is 7.94. The van der Waals surface area contributed by atoms with E-state index in [2.05, 4.69) is 11.4 Å². The molecule has 2 unspecified atom stereocenters. The lowest BCUT2D eigenvalue weighted by Gasteiger charge is -2.43. The summed E-state index contributed by atoms with van der Waals surface area (Å²) in [5.74, 6) is -1.62. The minimum atomic E-state index is -4.48. The lowest BCUT2D eigenvalue weighted by atomic mass is 9.85. The van der Waals surface area contributed by atoms with Gasteiger partial charge in [0.15, 0.2) is 0 Å². The number of halogens is 3. The molecule has 0 fully saturated rings. The summed E-state index contributed by atoms with van der Waals surface area (Å²) in [6.07, 6.45) is 0.987. The molecule has 0 saturated carbocycles. The molecule has 1 heterocycles. The monoisotopic (exact) mass is 541 g/mol. The maximum absolute atomic E-state index is 13.9. The number of hydrogen-bond donors (Lipinski definition) is 2. The molecular formula is C29H30F3N3O4. The first-order chi connectivity index (χ1) is 18.4. The van der Waals surface area contributed by atoms with Crippen LogP contribution < -0.4 is 5.32 Å². The number of hydrogen-bond acceptors (Lipinski definition) is 4. The van der Waals surface area contributed by atoms with Crippen LogP contribution in [0, 0.1) is 5.92 Å². The van der Waals surface area contributed by atoms with Gasteiger partial charge in [-0.25, -0.2) is 0 Å². The van der Waals surface area contributed by atoms with Crippen LogP contribution in [-0.4, -0.2) is 45.7 Å². The number of carboxylic acid groups (broad SMARTS) is 1. The van der Waals surface area contributed by atoms with E-state index in [1.807, 2.05) is 19.9 Å². The lowest BCUT2D eigenvalue weighted by molar-refractivity contribution is -0.138. The Bertz CT molecular complexity index is 1300. The maximum atomic E-state index is 13.9. The zero-order valence-corrected chi connectivity index (χ0v) is 21.7. The first-order valence-corrected chi connectivity index (χ1v) is 12.8. The van der Waals surface area contributed by atoms with Crippen molar-refractivity contribution in [1.82, 2.24) is 10.2 Å². The lowest BCUT2D eigenvalue weighted by Crippen LogP contribution is -2.50. The number of nitrogens with zero attached hydrogens (tertiary/aromatic N) is 2. The molecule has 0 aromatic heterocycles. The molecule has 2 amide bonds. The fraction of sp³-hybridized carbons (Fsp3) is 0.379. The SMILES string of the molecule is CC[C@H](c1ccc(C(=O)NCCC(=O)O)cc1)N1C(=O)C(c2ccc(C(F)(F)F)cc2)=NC12CC=CC(C)C2. The third kappa shape index (κ3) is 5.89. The minimum absolute atomic E-state index is 0.00801. The van der Waals surface area contributed by atoms with Crippen molar-refractivity contribution < 1.29 is 32.7 Å². The van der Waals surface area contributed by atoms with E-state index in [1.54, 1.807) is 29.2 Å². The summed E-state index contributed by atoms with van der Waals surface area (Å²) >= 11 is 0. The molecule has 1 spiro atoms. The van der Waals surface area contributed by atoms with Crippen molar-refractivity contribution in [2.75, 3.05) is 6.54 Å². The molecule has 2 aromatic carbocycles. The number of rotatable bonds is 8. The number of nitrogens with one attached hydrogen (secondary N) is 1. The van der Waals surface area contributed by atoms with Gasteiger partial charge in [0.1, 0.15) is 11.4 Å². The number of aliphatic imine (C=N–C) groups is 1. The first kappa shape index (κ1) is 28.1. The Labute approximate surface area is 224 Å².